The summed E-state index contributed by atoms with van der Waals surface area (Å²) in [6.07, 6.45) is 2.02. The zero-order valence-electron chi connectivity index (χ0n) is 10.5. The van der Waals surface area contributed by atoms with E-state index in [-0.39, 0.29) is 11.9 Å². The van der Waals surface area contributed by atoms with Crippen molar-refractivity contribution in [2.24, 2.45) is 5.84 Å². The summed E-state index contributed by atoms with van der Waals surface area (Å²) in [6.45, 7) is 4.10. The third-order valence-corrected chi connectivity index (χ3v) is 4.01. The maximum Gasteiger partial charge on any atom is 0.123 e. The van der Waals surface area contributed by atoms with Crippen LogP contribution in [-0.4, -0.2) is 17.5 Å². The fraction of sp³-hybridized carbons (Fsp3) is 0.538. The summed E-state index contributed by atoms with van der Waals surface area (Å²) in [7, 11) is 0. The number of nitrogens with two attached hydrogens (primary N) is 1. The van der Waals surface area contributed by atoms with E-state index in [1.165, 1.54) is 12.5 Å². The summed E-state index contributed by atoms with van der Waals surface area (Å²) < 4.78 is 13.0. The zero-order chi connectivity index (χ0) is 12.7. The first-order valence-electron chi connectivity index (χ1n) is 5.96. The Labute approximate surface area is 107 Å². The number of benzene rings is 1. The minimum absolute atomic E-state index is 0.177. The largest absolute Gasteiger partial charge is 0.271 e. The summed E-state index contributed by atoms with van der Waals surface area (Å²) in [5, 5.41) is 0. The highest BCUT2D eigenvalue weighted by Crippen LogP contribution is 2.14. The van der Waals surface area contributed by atoms with Gasteiger partial charge in [-0.25, -0.2) is 4.39 Å². The molecule has 1 rings (SSSR count). The number of rotatable bonds is 7. The lowest BCUT2D eigenvalue weighted by Crippen LogP contribution is -2.38. The average molecular weight is 256 g/mol. The quantitative estimate of drug-likeness (QED) is 0.447. The van der Waals surface area contributed by atoms with Crippen molar-refractivity contribution in [2.45, 2.75) is 32.7 Å². The number of thioether (sulfide) groups is 1. The van der Waals surface area contributed by atoms with Gasteiger partial charge in [0.25, 0.3) is 0 Å². The molecule has 1 aromatic rings. The van der Waals surface area contributed by atoms with Gasteiger partial charge in [0.05, 0.1) is 0 Å². The second-order valence-corrected chi connectivity index (χ2v) is 5.36. The molecule has 0 saturated carbocycles. The molecule has 2 nitrogen and oxygen atoms in total. The van der Waals surface area contributed by atoms with Crippen LogP contribution in [0.4, 0.5) is 4.39 Å². The van der Waals surface area contributed by atoms with Gasteiger partial charge in [-0.1, -0.05) is 13.0 Å². The Kier molecular flexibility index (Phi) is 6.55. The van der Waals surface area contributed by atoms with Gasteiger partial charge in [0, 0.05) is 11.8 Å². The molecule has 1 atom stereocenters. The Balaban J connectivity index is 2.54. The lowest BCUT2D eigenvalue weighted by atomic mass is 10.0. The second kappa shape index (κ2) is 7.69. The zero-order valence-corrected chi connectivity index (χ0v) is 11.3. The molecule has 0 amide bonds. The van der Waals surface area contributed by atoms with Gasteiger partial charge in [-0.15, -0.1) is 0 Å². The van der Waals surface area contributed by atoms with Crippen LogP contribution < -0.4 is 11.3 Å². The van der Waals surface area contributed by atoms with E-state index in [2.05, 4.69) is 12.3 Å². The van der Waals surface area contributed by atoms with Crippen molar-refractivity contribution in [1.29, 1.82) is 0 Å². The van der Waals surface area contributed by atoms with Gasteiger partial charge in [-0.3, -0.25) is 11.3 Å². The number of hydrogen-bond acceptors (Lipinski definition) is 3. The van der Waals surface area contributed by atoms with E-state index in [9.17, 15) is 4.39 Å². The molecule has 96 valence electrons. The Morgan fingerprint density at radius 3 is 2.82 bits per heavy atom. The lowest BCUT2D eigenvalue weighted by molar-refractivity contribution is 0.572. The van der Waals surface area contributed by atoms with Gasteiger partial charge in [-0.2, -0.15) is 11.8 Å². The van der Waals surface area contributed by atoms with Crippen LogP contribution in [0.2, 0.25) is 0 Å². The molecule has 3 N–H and O–H groups in total. The molecule has 0 heterocycles. The highest BCUT2D eigenvalue weighted by Gasteiger charge is 2.09. The molecule has 1 unspecified atom stereocenters. The van der Waals surface area contributed by atoms with Gasteiger partial charge in [0.2, 0.25) is 0 Å². The average Bonchev–Trinajstić information content (AvgIpc) is 2.31. The molecule has 0 aliphatic carbocycles. The molecule has 0 aliphatic heterocycles. The number of nitrogens with one attached hydrogen (secondary N) is 1. The van der Waals surface area contributed by atoms with Crippen LogP contribution in [0.3, 0.4) is 0 Å². The Morgan fingerprint density at radius 2 is 2.24 bits per heavy atom. The summed E-state index contributed by atoms with van der Waals surface area (Å²) >= 11 is 1.90. The predicted octanol–water partition coefficient (Wildman–Crippen LogP) is 2.65. The fourth-order valence-corrected chi connectivity index (χ4v) is 2.64. The van der Waals surface area contributed by atoms with Crippen molar-refractivity contribution in [2.75, 3.05) is 11.5 Å². The van der Waals surface area contributed by atoms with Crippen LogP contribution in [-0.2, 0) is 6.42 Å². The van der Waals surface area contributed by atoms with Crippen molar-refractivity contribution in [3.05, 3.63) is 35.1 Å². The maximum absolute atomic E-state index is 13.0. The predicted molar refractivity (Wildman–Crippen MR) is 73.6 cm³/mol. The Bertz CT molecular complexity index is 344. The smallest absolute Gasteiger partial charge is 0.123 e. The molecule has 1 aromatic carbocycles. The lowest BCUT2D eigenvalue weighted by Gasteiger charge is -2.16. The van der Waals surface area contributed by atoms with E-state index in [1.807, 2.05) is 24.8 Å². The van der Waals surface area contributed by atoms with Gasteiger partial charge in [0.1, 0.15) is 5.82 Å². The molecule has 4 heteroatoms. The highest BCUT2D eigenvalue weighted by atomic mass is 32.2. The molecule has 0 saturated heterocycles. The first-order valence-corrected chi connectivity index (χ1v) is 7.11. The normalized spacial score (nSPS) is 12.7. The van der Waals surface area contributed by atoms with E-state index in [1.54, 1.807) is 6.07 Å². The molecule has 0 spiro atoms. The van der Waals surface area contributed by atoms with E-state index in [4.69, 9.17) is 5.84 Å². The van der Waals surface area contributed by atoms with Crippen molar-refractivity contribution in [1.82, 2.24) is 5.43 Å². The summed E-state index contributed by atoms with van der Waals surface area (Å²) in [6, 6.07) is 5.17. The van der Waals surface area contributed by atoms with Crippen molar-refractivity contribution < 1.29 is 4.39 Å². The first kappa shape index (κ1) is 14.5. The molecule has 0 aromatic heterocycles. The second-order valence-electron chi connectivity index (χ2n) is 4.21. The minimum Gasteiger partial charge on any atom is -0.271 e. The Morgan fingerprint density at radius 1 is 1.47 bits per heavy atom. The number of aryl methyl sites for hydroxylation is 1. The maximum atomic E-state index is 13.0. The fourth-order valence-electron chi connectivity index (χ4n) is 1.69. The van der Waals surface area contributed by atoms with Crippen molar-refractivity contribution >= 4 is 11.8 Å². The minimum atomic E-state index is -0.177. The molecule has 0 fully saturated rings. The summed E-state index contributed by atoms with van der Waals surface area (Å²) in [4.78, 5) is 0. The van der Waals surface area contributed by atoms with Gasteiger partial charge in [0.15, 0.2) is 0 Å². The van der Waals surface area contributed by atoms with E-state index < -0.39 is 0 Å². The van der Waals surface area contributed by atoms with Crippen LogP contribution in [0.25, 0.3) is 0 Å². The molecular formula is C13H21FN2S. The van der Waals surface area contributed by atoms with Crippen LogP contribution in [0.1, 0.15) is 24.5 Å². The molecular weight excluding hydrogens is 235 g/mol. The van der Waals surface area contributed by atoms with Gasteiger partial charge in [-0.05, 0) is 48.8 Å². The van der Waals surface area contributed by atoms with Crippen LogP contribution in [0.15, 0.2) is 18.2 Å². The van der Waals surface area contributed by atoms with Gasteiger partial charge >= 0.3 is 0 Å². The number of hydrazine groups is 1. The first-order chi connectivity index (χ1) is 8.17. The SMILES string of the molecule is CCCSCC(Cc1ccc(F)cc1C)NN. The Hall–Kier alpha value is -0.580. The van der Waals surface area contributed by atoms with Crippen molar-refractivity contribution in [3.63, 3.8) is 0 Å². The summed E-state index contributed by atoms with van der Waals surface area (Å²) in [5.74, 6) is 7.51. The van der Waals surface area contributed by atoms with Crippen molar-refractivity contribution in [3.8, 4) is 0 Å². The third-order valence-electron chi connectivity index (χ3n) is 2.67. The number of hydrogen-bond donors (Lipinski definition) is 2. The molecule has 17 heavy (non-hydrogen) atoms. The van der Waals surface area contributed by atoms with E-state index >= 15 is 0 Å². The topological polar surface area (TPSA) is 38.0 Å². The summed E-state index contributed by atoms with van der Waals surface area (Å²) in [5.41, 5.74) is 4.99. The van der Waals surface area contributed by atoms with E-state index in [0.29, 0.717) is 0 Å². The monoisotopic (exact) mass is 256 g/mol. The third kappa shape index (κ3) is 5.06. The van der Waals surface area contributed by atoms with Crippen LogP contribution in [0, 0.1) is 12.7 Å². The van der Waals surface area contributed by atoms with Crippen LogP contribution in [0.5, 0.6) is 0 Å². The highest BCUT2D eigenvalue weighted by molar-refractivity contribution is 7.99. The molecule has 0 bridgehead atoms. The van der Waals surface area contributed by atoms with E-state index in [0.717, 1.165) is 29.1 Å². The molecule has 0 radical (unpaired) electrons. The standard InChI is InChI=1S/C13H21FN2S/c1-3-6-17-9-13(16-15)8-11-4-5-12(14)7-10(11)2/h4-5,7,13,16H,3,6,8-9,15H2,1-2H3. The number of halogens is 1. The molecule has 0 aliphatic rings. The van der Waals surface area contributed by atoms with Crippen LogP contribution >= 0.6 is 11.8 Å². The van der Waals surface area contributed by atoms with Gasteiger partial charge < -0.3 is 0 Å².